The molecule has 0 saturated heterocycles. The van der Waals surface area contributed by atoms with Gasteiger partial charge in [0.25, 0.3) is 0 Å². The van der Waals surface area contributed by atoms with Gasteiger partial charge in [0, 0.05) is 10.9 Å². The zero-order valence-electron chi connectivity index (χ0n) is 10.9. The van der Waals surface area contributed by atoms with Gasteiger partial charge in [-0.3, -0.25) is 0 Å². The molecule has 0 aliphatic carbocycles. The van der Waals surface area contributed by atoms with Gasteiger partial charge in [-0.1, -0.05) is 18.2 Å². The highest BCUT2D eigenvalue weighted by atomic mass is 32.1. The van der Waals surface area contributed by atoms with Crippen LogP contribution in [-0.4, -0.2) is 6.04 Å². The first-order chi connectivity index (χ1) is 9.45. The largest absolute Gasteiger partial charge is 0.416 e. The monoisotopic (exact) mass is 299 g/mol. The lowest BCUT2D eigenvalue weighted by atomic mass is 10.0. The van der Waals surface area contributed by atoms with Crippen LogP contribution in [0.5, 0.6) is 0 Å². The quantitative estimate of drug-likeness (QED) is 0.876. The van der Waals surface area contributed by atoms with Crippen LogP contribution in [-0.2, 0) is 19.0 Å². The van der Waals surface area contributed by atoms with E-state index >= 15 is 0 Å². The molecule has 0 bridgehead atoms. The first-order valence-corrected chi connectivity index (χ1v) is 7.27. The molecule has 0 amide bonds. The van der Waals surface area contributed by atoms with E-state index in [4.69, 9.17) is 5.73 Å². The number of aryl methyl sites for hydroxylation is 1. The van der Waals surface area contributed by atoms with Crippen molar-refractivity contribution in [3.05, 3.63) is 57.8 Å². The van der Waals surface area contributed by atoms with Crippen LogP contribution in [0.2, 0.25) is 0 Å². The third kappa shape index (κ3) is 4.35. The molecule has 2 aromatic rings. The third-order valence-corrected chi connectivity index (χ3v) is 4.06. The number of hydrogen-bond acceptors (Lipinski definition) is 2. The normalized spacial score (nSPS) is 13.4. The lowest BCUT2D eigenvalue weighted by Crippen LogP contribution is -2.23. The van der Waals surface area contributed by atoms with E-state index in [0.717, 1.165) is 30.5 Å². The summed E-state index contributed by atoms with van der Waals surface area (Å²) >= 11 is 1.70. The third-order valence-electron chi connectivity index (χ3n) is 3.12. The molecule has 0 fully saturated rings. The van der Waals surface area contributed by atoms with Crippen molar-refractivity contribution in [1.82, 2.24) is 0 Å². The van der Waals surface area contributed by atoms with E-state index in [9.17, 15) is 13.2 Å². The second kappa shape index (κ2) is 6.41. The number of halogens is 3. The van der Waals surface area contributed by atoms with E-state index in [2.05, 4.69) is 6.07 Å². The summed E-state index contributed by atoms with van der Waals surface area (Å²) in [6.45, 7) is 0. The first kappa shape index (κ1) is 15.1. The number of benzene rings is 1. The van der Waals surface area contributed by atoms with Gasteiger partial charge >= 0.3 is 6.18 Å². The standard InChI is InChI=1S/C15H16F3NS/c16-15(17,18)12-5-3-11(4-6-12)10-13(19)7-8-14-2-1-9-20-14/h1-6,9,13H,7-8,10,19H2. The highest BCUT2D eigenvalue weighted by molar-refractivity contribution is 7.09. The van der Waals surface area contributed by atoms with Gasteiger partial charge in [0.15, 0.2) is 0 Å². The Morgan fingerprint density at radius 2 is 1.80 bits per heavy atom. The molecule has 1 atom stereocenters. The Kier molecular flexibility index (Phi) is 4.83. The Balaban J connectivity index is 1.86. The molecule has 108 valence electrons. The van der Waals surface area contributed by atoms with Gasteiger partial charge in [-0.15, -0.1) is 11.3 Å². The number of nitrogens with two attached hydrogens (primary N) is 1. The van der Waals surface area contributed by atoms with Gasteiger partial charge in [-0.05, 0) is 48.4 Å². The Labute approximate surface area is 120 Å². The summed E-state index contributed by atoms with van der Waals surface area (Å²) in [5.74, 6) is 0. The Morgan fingerprint density at radius 3 is 2.35 bits per heavy atom. The number of alkyl halides is 3. The lowest BCUT2D eigenvalue weighted by molar-refractivity contribution is -0.137. The van der Waals surface area contributed by atoms with Crippen molar-refractivity contribution in [2.45, 2.75) is 31.5 Å². The maximum absolute atomic E-state index is 12.4. The van der Waals surface area contributed by atoms with Crippen molar-refractivity contribution in [2.24, 2.45) is 5.73 Å². The minimum Gasteiger partial charge on any atom is -0.327 e. The lowest BCUT2D eigenvalue weighted by Gasteiger charge is -2.12. The summed E-state index contributed by atoms with van der Waals surface area (Å²) in [6, 6.07) is 9.27. The molecule has 20 heavy (non-hydrogen) atoms. The van der Waals surface area contributed by atoms with Crippen molar-refractivity contribution in [1.29, 1.82) is 0 Å². The van der Waals surface area contributed by atoms with Crippen LogP contribution in [0.25, 0.3) is 0 Å². The fourth-order valence-electron chi connectivity index (χ4n) is 2.02. The molecule has 1 aromatic carbocycles. The first-order valence-electron chi connectivity index (χ1n) is 6.39. The van der Waals surface area contributed by atoms with E-state index < -0.39 is 11.7 Å². The summed E-state index contributed by atoms with van der Waals surface area (Å²) in [5.41, 5.74) is 6.26. The van der Waals surface area contributed by atoms with Crippen molar-refractivity contribution in [3.8, 4) is 0 Å². The Morgan fingerprint density at radius 1 is 1.10 bits per heavy atom. The van der Waals surface area contributed by atoms with E-state index in [1.807, 2.05) is 11.4 Å². The molecular formula is C15H16F3NS. The van der Waals surface area contributed by atoms with E-state index in [1.54, 1.807) is 11.3 Å². The molecule has 2 N–H and O–H groups in total. The number of thiophene rings is 1. The maximum Gasteiger partial charge on any atom is 0.416 e. The maximum atomic E-state index is 12.4. The smallest absolute Gasteiger partial charge is 0.327 e. The van der Waals surface area contributed by atoms with E-state index in [1.165, 1.54) is 17.0 Å². The van der Waals surface area contributed by atoms with Gasteiger partial charge in [0.05, 0.1) is 5.56 Å². The van der Waals surface area contributed by atoms with E-state index in [0.29, 0.717) is 6.42 Å². The average molecular weight is 299 g/mol. The predicted molar refractivity (Wildman–Crippen MR) is 75.8 cm³/mol. The fraction of sp³-hybridized carbons (Fsp3) is 0.333. The zero-order chi connectivity index (χ0) is 14.6. The molecule has 0 radical (unpaired) electrons. The van der Waals surface area contributed by atoms with Crippen LogP contribution in [0.15, 0.2) is 41.8 Å². The second-order valence-corrected chi connectivity index (χ2v) is 5.81. The molecule has 2 rings (SSSR count). The Hall–Kier alpha value is -1.33. The van der Waals surface area contributed by atoms with Gasteiger partial charge in [0.2, 0.25) is 0 Å². The highest BCUT2D eigenvalue weighted by Gasteiger charge is 2.29. The fourth-order valence-corrected chi connectivity index (χ4v) is 2.74. The highest BCUT2D eigenvalue weighted by Crippen LogP contribution is 2.29. The topological polar surface area (TPSA) is 26.0 Å². The van der Waals surface area contributed by atoms with Gasteiger partial charge in [-0.25, -0.2) is 0 Å². The molecular weight excluding hydrogens is 283 g/mol. The van der Waals surface area contributed by atoms with E-state index in [-0.39, 0.29) is 6.04 Å². The summed E-state index contributed by atoms with van der Waals surface area (Å²) < 4.78 is 37.3. The SMILES string of the molecule is NC(CCc1cccs1)Cc1ccc(C(F)(F)F)cc1. The van der Waals surface area contributed by atoms with Crippen molar-refractivity contribution in [3.63, 3.8) is 0 Å². The van der Waals surface area contributed by atoms with Gasteiger partial charge in [0.1, 0.15) is 0 Å². The molecule has 0 aliphatic heterocycles. The molecule has 1 heterocycles. The summed E-state index contributed by atoms with van der Waals surface area (Å²) in [7, 11) is 0. The predicted octanol–water partition coefficient (Wildman–Crippen LogP) is 4.27. The van der Waals surface area contributed by atoms with Crippen LogP contribution in [0.1, 0.15) is 22.4 Å². The van der Waals surface area contributed by atoms with Crippen LogP contribution in [0, 0.1) is 0 Å². The minimum atomic E-state index is -4.28. The van der Waals surface area contributed by atoms with Crippen molar-refractivity contribution >= 4 is 11.3 Å². The summed E-state index contributed by atoms with van der Waals surface area (Å²) in [5, 5.41) is 2.02. The zero-order valence-corrected chi connectivity index (χ0v) is 11.7. The molecule has 0 spiro atoms. The second-order valence-electron chi connectivity index (χ2n) is 4.78. The molecule has 5 heteroatoms. The van der Waals surface area contributed by atoms with Gasteiger partial charge < -0.3 is 5.73 Å². The molecule has 1 aromatic heterocycles. The van der Waals surface area contributed by atoms with Crippen LogP contribution in [0.4, 0.5) is 13.2 Å². The molecule has 0 aliphatic rings. The minimum absolute atomic E-state index is 0.0335. The van der Waals surface area contributed by atoms with Crippen LogP contribution >= 0.6 is 11.3 Å². The van der Waals surface area contributed by atoms with Crippen LogP contribution < -0.4 is 5.73 Å². The number of rotatable bonds is 5. The average Bonchev–Trinajstić information content (AvgIpc) is 2.89. The molecule has 1 nitrogen and oxygen atoms in total. The molecule has 1 unspecified atom stereocenters. The molecule has 0 saturated carbocycles. The van der Waals surface area contributed by atoms with Crippen molar-refractivity contribution in [2.75, 3.05) is 0 Å². The summed E-state index contributed by atoms with van der Waals surface area (Å²) in [6.07, 6.45) is -1.93. The number of hydrogen-bond donors (Lipinski definition) is 1. The van der Waals surface area contributed by atoms with Crippen LogP contribution in [0.3, 0.4) is 0 Å². The van der Waals surface area contributed by atoms with Crippen molar-refractivity contribution < 1.29 is 13.2 Å². The van der Waals surface area contributed by atoms with Gasteiger partial charge in [-0.2, -0.15) is 13.2 Å². The Bertz CT molecular complexity index is 517. The summed E-state index contributed by atoms with van der Waals surface area (Å²) in [4.78, 5) is 1.29.